The van der Waals surface area contributed by atoms with Gasteiger partial charge in [-0.3, -0.25) is 4.79 Å². The first-order valence-electron chi connectivity index (χ1n) is 8.89. The van der Waals surface area contributed by atoms with E-state index in [0.717, 1.165) is 16.8 Å². The van der Waals surface area contributed by atoms with Crippen molar-refractivity contribution in [2.75, 3.05) is 19.4 Å². The van der Waals surface area contributed by atoms with Gasteiger partial charge >= 0.3 is 6.18 Å². The number of aromatic nitrogens is 4. The van der Waals surface area contributed by atoms with Gasteiger partial charge in [0.05, 0.1) is 18.9 Å². The Morgan fingerprint density at radius 3 is 2.57 bits per heavy atom. The number of alkyl halides is 3. The zero-order valence-corrected chi connectivity index (χ0v) is 16.7. The van der Waals surface area contributed by atoms with Crippen molar-refractivity contribution in [2.24, 2.45) is 0 Å². The predicted molar refractivity (Wildman–Crippen MR) is 105 cm³/mol. The van der Waals surface area contributed by atoms with E-state index in [4.69, 9.17) is 4.74 Å². The molecule has 0 aliphatic carbocycles. The van der Waals surface area contributed by atoms with Crippen LogP contribution in [0.4, 0.5) is 13.2 Å². The number of amides is 1. The molecule has 0 aliphatic rings. The second-order valence-electron chi connectivity index (χ2n) is 6.02. The molecular weight excluding hydrogens is 419 g/mol. The van der Waals surface area contributed by atoms with E-state index in [2.05, 4.69) is 20.6 Å². The quantitative estimate of drug-likeness (QED) is 0.428. The van der Waals surface area contributed by atoms with Crippen molar-refractivity contribution in [3.63, 3.8) is 0 Å². The molecule has 0 atom stereocenters. The van der Waals surface area contributed by atoms with E-state index < -0.39 is 23.3 Å². The first-order valence-corrected chi connectivity index (χ1v) is 9.88. The normalized spacial score (nSPS) is 11.3. The number of halogens is 3. The molecule has 1 amide bonds. The number of carbonyl (C=O) groups excluding carboxylic acids is 1. The maximum atomic E-state index is 13.6. The van der Waals surface area contributed by atoms with Crippen molar-refractivity contribution in [3.8, 4) is 11.7 Å². The summed E-state index contributed by atoms with van der Waals surface area (Å²) in [6.45, 7) is 0.240. The summed E-state index contributed by atoms with van der Waals surface area (Å²) in [4.78, 5) is 13.5. The van der Waals surface area contributed by atoms with Crippen molar-refractivity contribution in [3.05, 3.63) is 59.9 Å². The van der Waals surface area contributed by atoms with Crippen LogP contribution < -0.4 is 10.1 Å². The smallest absolute Gasteiger partial charge is 0.434 e. The highest BCUT2D eigenvalue weighted by Crippen LogP contribution is 2.33. The van der Waals surface area contributed by atoms with E-state index in [1.54, 1.807) is 11.8 Å². The molecule has 7 nitrogen and oxygen atoms in total. The molecule has 0 radical (unpaired) electrons. The third-order valence-electron chi connectivity index (χ3n) is 3.95. The minimum absolute atomic E-state index is 0.144. The molecule has 0 bridgehead atoms. The molecule has 1 aromatic carbocycles. The highest BCUT2D eigenvalue weighted by Gasteiger charge is 2.40. The summed E-state index contributed by atoms with van der Waals surface area (Å²) in [5.41, 5.74) is -1.78. The number of thioether (sulfide) groups is 1. The van der Waals surface area contributed by atoms with Crippen LogP contribution in [0.25, 0.3) is 5.82 Å². The summed E-state index contributed by atoms with van der Waals surface area (Å²) < 4.78 is 46.3. The van der Waals surface area contributed by atoms with E-state index in [0.29, 0.717) is 11.1 Å². The number of methoxy groups -OCH3 is 1. The van der Waals surface area contributed by atoms with Crippen molar-refractivity contribution in [1.29, 1.82) is 0 Å². The van der Waals surface area contributed by atoms with E-state index >= 15 is 0 Å². The first kappa shape index (κ1) is 21.6. The molecule has 1 N–H and O–H groups in total. The van der Waals surface area contributed by atoms with E-state index in [-0.39, 0.29) is 18.2 Å². The second kappa shape index (κ2) is 9.61. The van der Waals surface area contributed by atoms with E-state index in [1.807, 2.05) is 30.3 Å². The van der Waals surface area contributed by atoms with Gasteiger partial charge in [-0.2, -0.15) is 18.3 Å². The molecule has 2 heterocycles. The minimum atomic E-state index is -4.81. The van der Waals surface area contributed by atoms with Crippen LogP contribution in [0, 0.1) is 0 Å². The van der Waals surface area contributed by atoms with Crippen LogP contribution in [0.1, 0.15) is 22.5 Å². The highest BCUT2D eigenvalue weighted by atomic mass is 32.2. The number of rotatable bonds is 8. The maximum absolute atomic E-state index is 13.6. The van der Waals surface area contributed by atoms with Crippen LogP contribution in [-0.2, 0) is 6.18 Å². The summed E-state index contributed by atoms with van der Waals surface area (Å²) in [5, 5.41) is 13.5. The first-order chi connectivity index (χ1) is 14.4. The maximum Gasteiger partial charge on any atom is 0.434 e. The van der Waals surface area contributed by atoms with Crippen LogP contribution in [0.2, 0.25) is 0 Å². The molecule has 0 unspecified atom stereocenters. The van der Waals surface area contributed by atoms with Gasteiger partial charge in [0.1, 0.15) is 0 Å². The third kappa shape index (κ3) is 5.29. The predicted octanol–water partition coefficient (Wildman–Crippen LogP) is 3.60. The Morgan fingerprint density at radius 1 is 1.17 bits per heavy atom. The Hall–Kier alpha value is -3.08. The van der Waals surface area contributed by atoms with Gasteiger partial charge in [0.15, 0.2) is 11.5 Å². The lowest BCUT2D eigenvalue weighted by Gasteiger charge is -2.12. The number of hydrogen-bond donors (Lipinski definition) is 1. The molecule has 30 heavy (non-hydrogen) atoms. The average Bonchev–Trinajstić information content (AvgIpc) is 3.20. The Balaban J connectivity index is 1.67. The fourth-order valence-electron chi connectivity index (χ4n) is 2.57. The molecule has 158 valence electrons. The van der Waals surface area contributed by atoms with Gasteiger partial charge in [-0.05, 0) is 30.4 Å². The number of ether oxygens (including phenoxy) is 1. The fourth-order valence-corrected chi connectivity index (χ4v) is 3.45. The topological polar surface area (TPSA) is 81.9 Å². The Morgan fingerprint density at radius 2 is 1.93 bits per heavy atom. The molecule has 0 saturated heterocycles. The van der Waals surface area contributed by atoms with Crippen LogP contribution in [0.3, 0.4) is 0 Å². The molecular formula is C19H18F3N5O2S. The van der Waals surface area contributed by atoms with E-state index in [1.165, 1.54) is 19.2 Å². The molecule has 2 aromatic heterocycles. The highest BCUT2D eigenvalue weighted by molar-refractivity contribution is 7.99. The Labute approximate surface area is 174 Å². The van der Waals surface area contributed by atoms with Crippen LogP contribution in [-0.4, -0.2) is 45.3 Å². The Kier molecular flexibility index (Phi) is 6.93. The molecule has 0 spiro atoms. The van der Waals surface area contributed by atoms with Crippen LogP contribution in [0.5, 0.6) is 5.88 Å². The lowest BCUT2D eigenvalue weighted by atomic mass is 10.2. The van der Waals surface area contributed by atoms with Crippen molar-refractivity contribution in [2.45, 2.75) is 17.5 Å². The SMILES string of the molecule is COc1ccc(-n2ncc(C(=O)NCCCSc3ccccc3)c2C(F)(F)F)nn1. The summed E-state index contributed by atoms with van der Waals surface area (Å²) in [6, 6.07) is 12.3. The monoisotopic (exact) mass is 437 g/mol. The summed E-state index contributed by atoms with van der Waals surface area (Å²) in [5.74, 6) is -0.163. The number of carbonyl (C=O) groups is 1. The van der Waals surface area contributed by atoms with Gasteiger partial charge in [-0.25, -0.2) is 4.68 Å². The number of hydrogen-bond acceptors (Lipinski definition) is 6. The van der Waals surface area contributed by atoms with Crippen molar-refractivity contribution < 1.29 is 22.7 Å². The molecule has 0 fully saturated rings. The van der Waals surface area contributed by atoms with E-state index in [9.17, 15) is 18.0 Å². The zero-order valence-electron chi connectivity index (χ0n) is 15.9. The number of nitrogens with zero attached hydrogens (tertiary/aromatic N) is 4. The molecule has 0 saturated carbocycles. The van der Waals surface area contributed by atoms with Crippen molar-refractivity contribution in [1.82, 2.24) is 25.3 Å². The van der Waals surface area contributed by atoms with Crippen LogP contribution in [0.15, 0.2) is 53.6 Å². The van der Waals surface area contributed by atoms with Crippen LogP contribution >= 0.6 is 11.8 Å². The summed E-state index contributed by atoms with van der Waals surface area (Å²) in [7, 11) is 1.36. The average molecular weight is 437 g/mol. The molecule has 3 rings (SSSR count). The molecule has 11 heteroatoms. The lowest BCUT2D eigenvalue weighted by Crippen LogP contribution is -2.27. The van der Waals surface area contributed by atoms with Gasteiger partial charge < -0.3 is 10.1 Å². The van der Waals surface area contributed by atoms with Crippen molar-refractivity contribution >= 4 is 17.7 Å². The van der Waals surface area contributed by atoms with Gasteiger partial charge in [-0.15, -0.1) is 22.0 Å². The fraction of sp³-hybridized carbons (Fsp3) is 0.263. The number of benzene rings is 1. The lowest BCUT2D eigenvalue weighted by molar-refractivity contribution is -0.143. The summed E-state index contributed by atoms with van der Waals surface area (Å²) >= 11 is 1.61. The van der Waals surface area contributed by atoms with Gasteiger partial charge in [0.25, 0.3) is 5.91 Å². The number of nitrogens with one attached hydrogen (secondary N) is 1. The molecule has 3 aromatic rings. The third-order valence-corrected chi connectivity index (χ3v) is 5.05. The minimum Gasteiger partial charge on any atom is -0.480 e. The van der Waals surface area contributed by atoms with Gasteiger partial charge in [0, 0.05) is 17.5 Å². The second-order valence-corrected chi connectivity index (χ2v) is 7.19. The summed E-state index contributed by atoms with van der Waals surface area (Å²) in [6.07, 6.45) is -3.33. The standard InChI is InChI=1S/C19H18F3N5O2S/c1-29-16-9-8-15(25-26-16)27-17(19(20,21)22)14(12-24-27)18(28)23-10-5-11-30-13-6-3-2-4-7-13/h2-4,6-9,12H,5,10-11H2,1H3,(H,23,28). The van der Waals surface area contributed by atoms with Gasteiger partial charge in [-0.1, -0.05) is 18.2 Å². The largest absolute Gasteiger partial charge is 0.480 e. The zero-order chi connectivity index (χ0) is 21.6. The molecule has 0 aliphatic heterocycles. The van der Waals surface area contributed by atoms with Gasteiger partial charge in [0.2, 0.25) is 5.88 Å². The Bertz CT molecular complexity index is 978.